The van der Waals surface area contributed by atoms with Gasteiger partial charge in [-0.05, 0) is 31.0 Å². The van der Waals surface area contributed by atoms with Crippen LogP contribution in [0.15, 0.2) is 18.2 Å². The highest BCUT2D eigenvalue weighted by atomic mass is 15.2. The highest BCUT2D eigenvalue weighted by Gasteiger charge is 2.17. The SMILES string of the molecule is CCc1ccc2c(c1)N(C)CC(C)N2. The number of rotatable bonds is 1. The van der Waals surface area contributed by atoms with E-state index < -0.39 is 0 Å². The molecule has 1 aliphatic rings. The second-order valence-electron chi connectivity index (χ2n) is 4.13. The minimum atomic E-state index is 0.542. The van der Waals surface area contributed by atoms with Gasteiger partial charge in [0.1, 0.15) is 0 Å². The van der Waals surface area contributed by atoms with Gasteiger partial charge in [-0.3, -0.25) is 0 Å². The van der Waals surface area contributed by atoms with Crippen LogP contribution in [0, 0.1) is 0 Å². The Morgan fingerprint density at radius 1 is 1.50 bits per heavy atom. The summed E-state index contributed by atoms with van der Waals surface area (Å²) in [5, 5.41) is 3.50. The molecule has 1 aliphatic heterocycles. The molecule has 0 saturated heterocycles. The number of likely N-dealkylation sites (N-methyl/N-ethyl adjacent to an activating group) is 1. The topological polar surface area (TPSA) is 15.3 Å². The maximum Gasteiger partial charge on any atom is 0.0602 e. The molecular weight excluding hydrogens is 172 g/mol. The number of nitrogens with zero attached hydrogens (tertiary/aromatic N) is 1. The summed E-state index contributed by atoms with van der Waals surface area (Å²) in [6.07, 6.45) is 1.11. The predicted molar refractivity (Wildman–Crippen MR) is 62.2 cm³/mol. The van der Waals surface area contributed by atoms with E-state index in [0.29, 0.717) is 6.04 Å². The van der Waals surface area contributed by atoms with Crippen molar-refractivity contribution in [2.24, 2.45) is 0 Å². The van der Waals surface area contributed by atoms with E-state index in [1.54, 1.807) is 0 Å². The number of hydrogen-bond acceptors (Lipinski definition) is 2. The van der Waals surface area contributed by atoms with E-state index in [9.17, 15) is 0 Å². The fourth-order valence-electron chi connectivity index (χ4n) is 2.06. The molecule has 1 atom stereocenters. The summed E-state index contributed by atoms with van der Waals surface area (Å²) in [6.45, 7) is 5.49. The molecule has 0 aromatic heterocycles. The van der Waals surface area contributed by atoms with Gasteiger partial charge in [-0.25, -0.2) is 0 Å². The normalized spacial score (nSPS) is 20.2. The lowest BCUT2D eigenvalue weighted by Crippen LogP contribution is -2.37. The number of nitrogens with one attached hydrogen (secondary N) is 1. The van der Waals surface area contributed by atoms with Crippen molar-refractivity contribution in [3.05, 3.63) is 23.8 Å². The van der Waals surface area contributed by atoms with Crippen molar-refractivity contribution < 1.29 is 0 Å². The van der Waals surface area contributed by atoms with E-state index in [0.717, 1.165) is 13.0 Å². The molecule has 1 aromatic carbocycles. The third kappa shape index (κ3) is 1.57. The molecule has 2 rings (SSSR count). The van der Waals surface area contributed by atoms with Crippen molar-refractivity contribution in [2.75, 3.05) is 23.8 Å². The first-order chi connectivity index (χ1) is 6.70. The Hall–Kier alpha value is -1.18. The molecule has 0 spiro atoms. The molecule has 2 nitrogen and oxygen atoms in total. The van der Waals surface area contributed by atoms with Crippen LogP contribution >= 0.6 is 0 Å². The molecule has 2 heteroatoms. The number of anilines is 2. The quantitative estimate of drug-likeness (QED) is 0.732. The van der Waals surface area contributed by atoms with Crippen LogP contribution in [0.25, 0.3) is 0 Å². The Balaban J connectivity index is 2.39. The summed E-state index contributed by atoms with van der Waals surface area (Å²) in [4.78, 5) is 2.33. The van der Waals surface area contributed by atoms with Gasteiger partial charge in [-0.2, -0.15) is 0 Å². The van der Waals surface area contributed by atoms with E-state index in [4.69, 9.17) is 0 Å². The second kappa shape index (κ2) is 3.52. The Kier molecular flexibility index (Phi) is 2.36. The third-order valence-electron chi connectivity index (χ3n) is 2.83. The monoisotopic (exact) mass is 190 g/mol. The van der Waals surface area contributed by atoms with Crippen molar-refractivity contribution in [1.82, 2.24) is 0 Å². The Labute approximate surface area is 85.9 Å². The van der Waals surface area contributed by atoms with E-state index in [1.807, 2.05) is 0 Å². The lowest BCUT2D eigenvalue weighted by atomic mass is 10.1. The number of benzene rings is 1. The molecule has 0 saturated carbocycles. The maximum absolute atomic E-state index is 3.50. The molecule has 0 bridgehead atoms. The molecule has 0 amide bonds. The van der Waals surface area contributed by atoms with Gasteiger partial charge >= 0.3 is 0 Å². The van der Waals surface area contributed by atoms with E-state index in [2.05, 4.69) is 49.3 Å². The Morgan fingerprint density at radius 3 is 3.00 bits per heavy atom. The summed E-state index contributed by atoms with van der Waals surface area (Å²) >= 11 is 0. The molecule has 1 aromatic rings. The molecule has 0 radical (unpaired) electrons. The summed E-state index contributed by atoms with van der Waals surface area (Å²) in [7, 11) is 2.16. The van der Waals surface area contributed by atoms with Crippen molar-refractivity contribution >= 4 is 11.4 Å². The van der Waals surface area contributed by atoms with Crippen LogP contribution in [-0.2, 0) is 6.42 Å². The van der Waals surface area contributed by atoms with Crippen LogP contribution in [0.5, 0.6) is 0 Å². The van der Waals surface area contributed by atoms with E-state index in [-0.39, 0.29) is 0 Å². The second-order valence-corrected chi connectivity index (χ2v) is 4.13. The molecular formula is C12H18N2. The van der Waals surface area contributed by atoms with Crippen molar-refractivity contribution in [3.63, 3.8) is 0 Å². The van der Waals surface area contributed by atoms with Crippen molar-refractivity contribution in [3.8, 4) is 0 Å². The fraction of sp³-hybridized carbons (Fsp3) is 0.500. The summed E-state index contributed by atoms with van der Waals surface area (Å²) in [6, 6.07) is 7.23. The smallest absolute Gasteiger partial charge is 0.0602 e. The molecule has 0 aliphatic carbocycles. The lowest BCUT2D eigenvalue weighted by molar-refractivity contribution is 0.737. The van der Waals surface area contributed by atoms with Crippen LogP contribution < -0.4 is 10.2 Å². The first kappa shape index (κ1) is 9.38. The lowest BCUT2D eigenvalue weighted by Gasteiger charge is -2.33. The maximum atomic E-state index is 3.50. The number of hydrogen-bond donors (Lipinski definition) is 1. The number of fused-ring (bicyclic) bond motifs is 1. The third-order valence-corrected chi connectivity index (χ3v) is 2.83. The van der Waals surface area contributed by atoms with E-state index >= 15 is 0 Å². The summed E-state index contributed by atoms with van der Waals surface area (Å²) in [5.41, 5.74) is 4.01. The Morgan fingerprint density at radius 2 is 2.29 bits per heavy atom. The predicted octanol–water partition coefficient (Wildman–Crippen LogP) is 2.50. The van der Waals surface area contributed by atoms with Gasteiger partial charge in [0.05, 0.1) is 11.4 Å². The fourth-order valence-corrected chi connectivity index (χ4v) is 2.06. The number of aryl methyl sites for hydroxylation is 1. The standard InChI is InChI=1S/C12H18N2/c1-4-10-5-6-11-12(7-10)14(3)8-9(2)13-11/h5-7,9,13H,4,8H2,1-3H3. The highest BCUT2D eigenvalue weighted by molar-refractivity contribution is 5.73. The molecule has 1 unspecified atom stereocenters. The zero-order chi connectivity index (χ0) is 10.1. The first-order valence-electron chi connectivity index (χ1n) is 5.31. The van der Waals surface area contributed by atoms with Gasteiger partial charge in [0.25, 0.3) is 0 Å². The zero-order valence-corrected chi connectivity index (χ0v) is 9.17. The van der Waals surface area contributed by atoms with Gasteiger partial charge in [-0.15, -0.1) is 0 Å². The zero-order valence-electron chi connectivity index (χ0n) is 9.17. The molecule has 1 heterocycles. The molecule has 76 valence electrons. The minimum absolute atomic E-state index is 0.542. The average molecular weight is 190 g/mol. The largest absolute Gasteiger partial charge is 0.379 e. The van der Waals surface area contributed by atoms with Crippen LogP contribution in [0.3, 0.4) is 0 Å². The summed E-state index contributed by atoms with van der Waals surface area (Å²) < 4.78 is 0. The van der Waals surface area contributed by atoms with Crippen LogP contribution in [0.1, 0.15) is 19.4 Å². The van der Waals surface area contributed by atoms with Gasteiger partial charge in [0.15, 0.2) is 0 Å². The van der Waals surface area contributed by atoms with E-state index in [1.165, 1.54) is 16.9 Å². The summed E-state index contributed by atoms with van der Waals surface area (Å²) in [5.74, 6) is 0. The average Bonchev–Trinajstić information content (AvgIpc) is 2.17. The highest BCUT2D eigenvalue weighted by Crippen LogP contribution is 2.30. The van der Waals surface area contributed by atoms with Crippen LogP contribution in [0.4, 0.5) is 11.4 Å². The first-order valence-corrected chi connectivity index (χ1v) is 5.31. The van der Waals surface area contributed by atoms with Gasteiger partial charge in [0, 0.05) is 19.6 Å². The molecule has 1 N–H and O–H groups in total. The van der Waals surface area contributed by atoms with Gasteiger partial charge in [0.2, 0.25) is 0 Å². The Bertz CT molecular complexity index is 333. The molecule has 14 heavy (non-hydrogen) atoms. The molecule has 0 fully saturated rings. The van der Waals surface area contributed by atoms with Crippen LogP contribution in [0.2, 0.25) is 0 Å². The van der Waals surface area contributed by atoms with Crippen LogP contribution in [-0.4, -0.2) is 19.6 Å². The van der Waals surface area contributed by atoms with Crippen molar-refractivity contribution in [2.45, 2.75) is 26.3 Å². The van der Waals surface area contributed by atoms with Gasteiger partial charge in [-0.1, -0.05) is 13.0 Å². The van der Waals surface area contributed by atoms with Crippen molar-refractivity contribution in [1.29, 1.82) is 0 Å². The minimum Gasteiger partial charge on any atom is -0.379 e. The van der Waals surface area contributed by atoms with Gasteiger partial charge < -0.3 is 10.2 Å².